The van der Waals surface area contributed by atoms with E-state index >= 15 is 0 Å². The zero-order valence-electron chi connectivity index (χ0n) is 7.91. The lowest BCUT2D eigenvalue weighted by Gasteiger charge is -2.14. The van der Waals surface area contributed by atoms with Gasteiger partial charge in [-0.3, -0.25) is 0 Å². The number of carbonyl (C=O) groups excluding carboxylic acids is 1. The van der Waals surface area contributed by atoms with Gasteiger partial charge in [0.05, 0.1) is 7.11 Å². The van der Waals surface area contributed by atoms with Gasteiger partial charge in [-0.2, -0.15) is 26.3 Å². The van der Waals surface area contributed by atoms with Crippen molar-refractivity contribution in [1.82, 2.24) is 9.44 Å². The van der Waals surface area contributed by atoms with Gasteiger partial charge in [0.15, 0.2) is 6.10 Å². The molecule has 0 aromatic carbocycles. The smallest absolute Gasteiger partial charge is 0.421 e. The van der Waals surface area contributed by atoms with Crippen LogP contribution in [0.4, 0.5) is 18.0 Å². The van der Waals surface area contributed by atoms with Crippen molar-refractivity contribution in [2.45, 2.75) is 12.3 Å². The Morgan fingerprint density at radius 1 is 1.50 bits per heavy atom. The zero-order valence-corrected chi connectivity index (χ0v) is 8.72. The maximum Gasteiger partial charge on any atom is 0.421 e. The van der Waals surface area contributed by atoms with Crippen LogP contribution >= 0.6 is 0 Å². The van der Waals surface area contributed by atoms with E-state index in [0.717, 1.165) is 7.11 Å². The minimum absolute atomic E-state index is 0.870. The van der Waals surface area contributed by atoms with Crippen molar-refractivity contribution in [3.05, 3.63) is 0 Å². The summed E-state index contributed by atoms with van der Waals surface area (Å²) in [4.78, 5) is 10.4. The fourth-order valence-corrected chi connectivity index (χ4v) is 1.24. The van der Waals surface area contributed by atoms with E-state index in [0.29, 0.717) is 0 Å². The van der Waals surface area contributed by atoms with E-state index < -0.39 is 35.1 Å². The largest absolute Gasteiger partial charge is 0.452 e. The molecule has 16 heavy (non-hydrogen) atoms. The Kier molecular flexibility index (Phi) is 4.96. The number of ether oxygens (including phenoxy) is 1. The molecule has 0 saturated carbocycles. The van der Waals surface area contributed by atoms with Crippen molar-refractivity contribution < 1.29 is 36.2 Å². The van der Waals surface area contributed by atoms with E-state index in [9.17, 15) is 26.4 Å². The third kappa shape index (κ3) is 5.72. The average Bonchev–Trinajstić information content (AvgIpc) is 2.11. The first-order valence-corrected chi connectivity index (χ1v) is 5.17. The van der Waals surface area contributed by atoms with Gasteiger partial charge in [-0.15, -0.1) is 0 Å². The molecule has 0 aliphatic rings. The second-order valence-electron chi connectivity index (χ2n) is 2.50. The molecule has 1 amide bonds. The van der Waals surface area contributed by atoms with Gasteiger partial charge in [-0.1, -0.05) is 0 Å². The highest BCUT2D eigenvalue weighted by molar-refractivity contribution is 7.88. The van der Waals surface area contributed by atoms with Gasteiger partial charge in [0.1, 0.15) is 0 Å². The molecule has 0 bridgehead atoms. The van der Waals surface area contributed by atoms with E-state index in [1.807, 2.05) is 0 Å². The van der Waals surface area contributed by atoms with Gasteiger partial charge in [0.25, 0.3) is 0 Å². The topological polar surface area (TPSA) is 105 Å². The number of alkyl halides is 3. The van der Waals surface area contributed by atoms with Crippen LogP contribution in [-0.4, -0.2) is 45.6 Å². The van der Waals surface area contributed by atoms with Crippen molar-refractivity contribution in [1.29, 1.82) is 0 Å². The fourth-order valence-electron chi connectivity index (χ4n) is 0.492. The molecule has 96 valence electrons. The lowest BCUT2D eigenvalue weighted by molar-refractivity contribution is -0.200. The van der Waals surface area contributed by atoms with Crippen molar-refractivity contribution >= 4 is 16.3 Å². The van der Waals surface area contributed by atoms with E-state index in [1.54, 1.807) is 0 Å². The maximum absolute atomic E-state index is 11.8. The summed E-state index contributed by atoms with van der Waals surface area (Å²) in [6, 6.07) is 0. The molecule has 0 rings (SSSR count). The third-order valence-corrected chi connectivity index (χ3v) is 2.23. The summed E-state index contributed by atoms with van der Waals surface area (Å²) in [7, 11) is -3.61. The Bertz CT molecular complexity index is 340. The summed E-state index contributed by atoms with van der Waals surface area (Å²) in [5.41, 5.74) is 0. The summed E-state index contributed by atoms with van der Waals surface area (Å²) in [5, 5.41) is 8.44. The molecule has 1 unspecified atom stereocenters. The first kappa shape index (κ1) is 14.9. The number of halogens is 3. The number of carbonyl (C=O) groups is 1. The molecule has 0 saturated heterocycles. The monoisotopic (exact) mass is 266 g/mol. The van der Waals surface area contributed by atoms with Gasteiger partial charge in [-0.25, -0.2) is 9.52 Å². The minimum Gasteiger partial charge on any atom is -0.452 e. The third-order valence-electron chi connectivity index (χ3n) is 1.25. The summed E-state index contributed by atoms with van der Waals surface area (Å²) < 4.78 is 63.4. The van der Waals surface area contributed by atoms with Crippen molar-refractivity contribution in [3.63, 3.8) is 0 Å². The maximum atomic E-state index is 11.8. The second-order valence-corrected chi connectivity index (χ2v) is 4.00. The lowest BCUT2D eigenvalue weighted by Crippen LogP contribution is -2.46. The Hall–Kier alpha value is -1.07. The van der Waals surface area contributed by atoms with Gasteiger partial charge >= 0.3 is 22.5 Å². The van der Waals surface area contributed by atoms with E-state index in [2.05, 4.69) is 4.74 Å². The SMILES string of the molecule is COC(=O)NS(=O)(=O)NCC(O)C(F)(F)F. The van der Waals surface area contributed by atoms with Gasteiger partial charge in [-0.05, 0) is 0 Å². The Labute approximate surface area is 88.8 Å². The summed E-state index contributed by atoms with van der Waals surface area (Å²) >= 11 is 0. The van der Waals surface area contributed by atoms with E-state index in [1.165, 1.54) is 9.44 Å². The van der Waals surface area contributed by atoms with Crippen LogP contribution in [-0.2, 0) is 14.9 Å². The normalized spacial score (nSPS) is 14.3. The molecular formula is C5H9F3N2O5S. The number of methoxy groups -OCH3 is 1. The Balaban J connectivity index is 4.25. The average molecular weight is 266 g/mol. The molecule has 0 aromatic rings. The number of amides is 1. The molecule has 11 heteroatoms. The van der Waals surface area contributed by atoms with Crippen LogP contribution in [0.3, 0.4) is 0 Å². The molecule has 3 N–H and O–H groups in total. The molecule has 0 spiro atoms. The van der Waals surface area contributed by atoms with Gasteiger partial charge < -0.3 is 9.84 Å². The molecular weight excluding hydrogens is 257 g/mol. The summed E-state index contributed by atoms with van der Waals surface area (Å²) in [5.74, 6) is 0. The van der Waals surface area contributed by atoms with E-state index in [4.69, 9.17) is 5.11 Å². The summed E-state index contributed by atoms with van der Waals surface area (Å²) in [6.07, 6.45) is -9.18. The highest BCUT2D eigenvalue weighted by Crippen LogP contribution is 2.19. The van der Waals surface area contributed by atoms with Gasteiger partial charge in [0, 0.05) is 6.54 Å². The zero-order chi connectivity index (χ0) is 13.0. The quantitative estimate of drug-likeness (QED) is 0.611. The highest BCUT2D eigenvalue weighted by atomic mass is 32.2. The lowest BCUT2D eigenvalue weighted by atomic mass is 10.4. The second kappa shape index (κ2) is 5.32. The molecule has 0 aromatic heterocycles. The predicted octanol–water partition coefficient (Wildman–Crippen LogP) is -0.900. The van der Waals surface area contributed by atoms with Crippen LogP contribution in [0.15, 0.2) is 0 Å². The fraction of sp³-hybridized carbons (Fsp3) is 0.800. The number of rotatable bonds is 4. The van der Waals surface area contributed by atoms with Crippen LogP contribution in [0, 0.1) is 0 Å². The molecule has 0 radical (unpaired) electrons. The molecule has 0 aliphatic carbocycles. The van der Waals surface area contributed by atoms with Crippen LogP contribution < -0.4 is 9.44 Å². The Morgan fingerprint density at radius 2 is 2.00 bits per heavy atom. The van der Waals surface area contributed by atoms with E-state index in [-0.39, 0.29) is 0 Å². The Morgan fingerprint density at radius 3 is 2.38 bits per heavy atom. The molecule has 0 aliphatic heterocycles. The number of hydrogen-bond donors (Lipinski definition) is 3. The van der Waals surface area contributed by atoms with Crippen LogP contribution in [0.5, 0.6) is 0 Å². The predicted molar refractivity (Wildman–Crippen MR) is 44.5 cm³/mol. The van der Waals surface area contributed by atoms with Crippen molar-refractivity contribution in [2.75, 3.05) is 13.7 Å². The highest BCUT2D eigenvalue weighted by Gasteiger charge is 2.38. The van der Waals surface area contributed by atoms with Crippen LogP contribution in [0.1, 0.15) is 0 Å². The van der Waals surface area contributed by atoms with Crippen molar-refractivity contribution in [2.24, 2.45) is 0 Å². The number of aliphatic hydroxyl groups excluding tert-OH is 1. The first-order chi connectivity index (χ1) is 7.08. The molecule has 1 atom stereocenters. The minimum atomic E-state index is -4.95. The van der Waals surface area contributed by atoms with Gasteiger partial charge in [0.2, 0.25) is 0 Å². The first-order valence-electron chi connectivity index (χ1n) is 3.68. The number of nitrogens with one attached hydrogen (secondary N) is 2. The molecule has 0 heterocycles. The number of hydrogen-bond acceptors (Lipinski definition) is 5. The van der Waals surface area contributed by atoms with Crippen LogP contribution in [0.2, 0.25) is 0 Å². The number of aliphatic hydroxyl groups is 1. The van der Waals surface area contributed by atoms with Crippen molar-refractivity contribution in [3.8, 4) is 0 Å². The summed E-state index contributed by atoms with van der Waals surface area (Å²) in [6.45, 7) is -1.31. The molecule has 0 fully saturated rings. The van der Waals surface area contributed by atoms with Crippen LogP contribution in [0.25, 0.3) is 0 Å². The standard InChI is InChI=1S/C5H9F3N2O5S/c1-15-4(12)10-16(13,14)9-2-3(11)5(6,7)8/h3,9,11H,2H2,1H3,(H,10,12). The molecule has 7 nitrogen and oxygen atoms in total.